The summed E-state index contributed by atoms with van der Waals surface area (Å²) in [6.45, 7) is 0.505. The monoisotopic (exact) mass is 300 g/mol. The molecule has 1 aliphatic carbocycles. The molecule has 0 unspecified atom stereocenters. The fourth-order valence-corrected chi connectivity index (χ4v) is 3.01. The number of carbonyl (C=O) groups excluding carboxylic acids is 1. The maximum Gasteiger partial charge on any atom is 0.244 e. The highest BCUT2D eigenvalue weighted by atomic mass is 16.5. The van der Waals surface area contributed by atoms with Gasteiger partial charge in [0.25, 0.3) is 0 Å². The number of nitrogens with one attached hydrogen (secondary N) is 2. The van der Waals surface area contributed by atoms with Gasteiger partial charge in [-0.1, -0.05) is 12.1 Å². The number of aromatic amines is 1. The summed E-state index contributed by atoms with van der Waals surface area (Å²) in [4.78, 5) is 19.7. The zero-order valence-electron chi connectivity index (χ0n) is 12.6. The van der Waals surface area contributed by atoms with Gasteiger partial charge in [0.05, 0.1) is 7.11 Å². The second-order valence-corrected chi connectivity index (χ2v) is 5.50. The molecule has 0 fully saturated rings. The topological polar surface area (TPSA) is 93.0 Å². The minimum absolute atomic E-state index is 0.147. The van der Waals surface area contributed by atoms with Crippen LogP contribution in [0.1, 0.15) is 23.4 Å². The first-order valence-electron chi connectivity index (χ1n) is 7.37. The number of carbonyl (C=O) groups is 1. The Bertz CT molecular complexity index is 669. The SMILES string of the molecule is COc1cccc2c1CC[C@]2(N)C(=O)NCCc1ncc[nH]1. The van der Waals surface area contributed by atoms with Crippen molar-refractivity contribution in [3.8, 4) is 5.75 Å². The first-order valence-corrected chi connectivity index (χ1v) is 7.37. The summed E-state index contributed by atoms with van der Waals surface area (Å²) in [6.07, 6.45) is 5.46. The standard InChI is InChI=1S/C16H20N4O2/c1-22-13-4-2-3-12-11(13)5-7-16(12,17)15(21)20-8-6-14-18-9-10-19-14/h2-4,9-10H,5-8,17H2,1H3,(H,18,19)(H,20,21)/t16-/m1/s1. The molecule has 1 atom stereocenters. The average Bonchev–Trinajstić information content (AvgIpc) is 3.16. The second-order valence-electron chi connectivity index (χ2n) is 5.50. The number of ether oxygens (including phenoxy) is 1. The molecule has 116 valence electrons. The van der Waals surface area contributed by atoms with Gasteiger partial charge in [-0.25, -0.2) is 4.98 Å². The van der Waals surface area contributed by atoms with Gasteiger partial charge < -0.3 is 20.8 Å². The van der Waals surface area contributed by atoms with Crippen molar-refractivity contribution in [1.82, 2.24) is 15.3 Å². The molecular formula is C16H20N4O2. The van der Waals surface area contributed by atoms with E-state index in [0.29, 0.717) is 19.4 Å². The molecular weight excluding hydrogens is 280 g/mol. The van der Waals surface area contributed by atoms with E-state index in [2.05, 4.69) is 15.3 Å². The number of nitrogens with zero attached hydrogens (tertiary/aromatic N) is 1. The van der Waals surface area contributed by atoms with Crippen LogP contribution in [-0.4, -0.2) is 29.5 Å². The predicted octanol–water partition coefficient (Wildman–Crippen LogP) is 0.877. The average molecular weight is 300 g/mol. The van der Waals surface area contributed by atoms with E-state index in [1.807, 2.05) is 18.2 Å². The highest BCUT2D eigenvalue weighted by Gasteiger charge is 2.42. The highest BCUT2D eigenvalue weighted by Crippen LogP contribution is 2.39. The van der Waals surface area contributed by atoms with Gasteiger partial charge in [-0.3, -0.25) is 4.79 Å². The van der Waals surface area contributed by atoms with Crippen molar-refractivity contribution in [3.63, 3.8) is 0 Å². The summed E-state index contributed by atoms with van der Waals surface area (Å²) in [5.41, 5.74) is 7.33. The molecule has 0 saturated carbocycles. The Balaban J connectivity index is 1.71. The van der Waals surface area contributed by atoms with Gasteiger partial charge in [0, 0.05) is 25.4 Å². The number of H-pyrrole nitrogens is 1. The second kappa shape index (κ2) is 5.81. The van der Waals surface area contributed by atoms with Crippen LogP contribution < -0.4 is 15.8 Å². The number of rotatable bonds is 5. The quantitative estimate of drug-likeness (QED) is 0.764. The van der Waals surface area contributed by atoms with E-state index in [4.69, 9.17) is 10.5 Å². The number of hydrogen-bond acceptors (Lipinski definition) is 4. The predicted molar refractivity (Wildman–Crippen MR) is 82.5 cm³/mol. The zero-order chi connectivity index (χ0) is 15.6. The Morgan fingerprint density at radius 3 is 3.14 bits per heavy atom. The van der Waals surface area contributed by atoms with E-state index in [9.17, 15) is 4.79 Å². The number of imidazole rings is 1. The van der Waals surface area contributed by atoms with Crippen LogP contribution in [0.5, 0.6) is 5.75 Å². The van der Waals surface area contributed by atoms with Gasteiger partial charge in [0.1, 0.15) is 17.1 Å². The molecule has 2 aromatic rings. The summed E-state index contributed by atoms with van der Waals surface area (Å²) in [7, 11) is 1.63. The van der Waals surface area contributed by atoms with E-state index in [-0.39, 0.29) is 5.91 Å². The molecule has 1 aromatic carbocycles. The summed E-state index contributed by atoms with van der Waals surface area (Å²) in [5.74, 6) is 1.50. The largest absolute Gasteiger partial charge is 0.496 e. The highest BCUT2D eigenvalue weighted by molar-refractivity contribution is 5.89. The van der Waals surface area contributed by atoms with Crippen LogP contribution in [0.4, 0.5) is 0 Å². The molecule has 6 nitrogen and oxygen atoms in total. The fourth-order valence-electron chi connectivity index (χ4n) is 3.01. The molecule has 1 aliphatic rings. The van der Waals surface area contributed by atoms with Gasteiger partial charge in [0.15, 0.2) is 0 Å². The van der Waals surface area contributed by atoms with E-state index in [1.165, 1.54) is 0 Å². The van der Waals surface area contributed by atoms with E-state index in [0.717, 1.165) is 29.1 Å². The molecule has 0 bridgehead atoms. The maximum absolute atomic E-state index is 12.6. The summed E-state index contributed by atoms with van der Waals surface area (Å²) < 4.78 is 5.36. The third kappa shape index (κ3) is 2.46. The van der Waals surface area contributed by atoms with Crippen molar-refractivity contribution in [2.75, 3.05) is 13.7 Å². The zero-order valence-corrected chi connectivity index (χ0v) is 12.6. The van der Waals surface area contributed by atoms with E-state index < -0.39 is 5.54 Å². The van der Waals surface area contributed by atoms with Crippen LogP contribution in [0, 0.1) is 0 Å². The van der Waals surface area contributed by atoms with Crippen LogP contribution >= 0.6 is 0 Å². The summed E-state index contributed by atoms with van der Waals surface area (Å²) in [6, 6.07) is 5.69. The van der Waals surface area contributed by atoms with E-state index >= 15 is 0 Å². The van der Waals surface area contributed by atoms with Crippen molar-refractivity contribution >= 4 is 5.91 Å². The Morgan fingerprint density at radius 2 is 2.41 bits per heavy atom. The lowest BCUT2D eigenvalue weighted by atomic mass is 9.92. The molecule has 0 saturated heterocycles. The first-order chi connectivity index (χ1) is 10.6. The number of amides is 1. The molecule has 22 heavy (non-hydrogen) atoms. The van der Waals surface area contributed by atoms with Crippen LogP contribution in [-0.2, 0) is 23.2 Å². The van der Waals surface area contributed by atoms with Crippen molar-refractivity contribution in [3.05, 3.63) is 47.5 Å². The van der Waals surface area contributed by atoms with Crippen LogP contribution in [0.15, 0.2) is 30.6 Å². The fraction of sp³-hybridized carbons (Fsp3) is 0.375. The Labute approximate surface area is 129 Å². The lowest BCUT2D eigenvalue weighted by Gasteiger charge is -2.24. The molecule has 0 aliphatic heterocycles. The van der Waals surface area contributed by atoms with Crippen molar-refractivity contribution in [2.45, 2.75) is 24.8 Å². The Hall–Kier alpha value is -2.34. The molecule has 0 spiro atoms. The number of methoxy groups -OCH3 is 1. The Kier molecular flexibility index (Phi) is 3.85. The molecule has 6 heteroatoms. The van der Waals surface area contributed by atoms with Gasteiger partial charge in [-0.15, -0.1) is 0 Å². The molecule has 0 radical (unpaired) electrons. The van der Waals surface area contributed by atoms with Crippen LogP contribution in [0.3, 0.4) is 0 Å². The smallest absolute Gasteiger partial charge is 0.244 e. The number of aromatic nitrogens is 2. The molecule has 3 rings (SSSR count). The minimum atomic E-state index is -0.979. The number of fused-ring (bicyclic) bond motifs is 1. The van der Waals surface area contributed by atoms with Crippen LogP contribution in [0.2, 0.25) is 0 Å². The first kappa shape index (κ1) is 14.6. The molecule has 1 aromatic heterocycles. The van der Waals surface area contributed by atoms with Gasteiger partial charge in [-0.05, 0) is 30.0 Å². The van der Waals surface area contributed by atoms with Crippen molar-refractivity contribution < 1.29 is 9.53 Å². The third-order valence-corrected chi connectivity index (χ3v) is 4.21. The van der Waals surface area contributed by atoms with Gasteiger partial charge >= 0.3 is 0 Å². The third-order valence-electron chi connectivity index (χ3n) is 4.21. The Morgan fingerprint density at radius 1 is 1.55 bits per heavy atom. The van der Waals surface area contributed by atoms with Crippen LogP contribution in [0.25, 0.3) is 0 Å². The minimum Gasteiger partial charge on any atom is -0.496 e. The van der Waals surface area contributed by atoms with Crippen molar-refractivity contribution in [1.29, 1.82) is 0 Å². The normalized spacial score (nSPS) is 19.7. The lowest BCUT2D eigenvalue weighted by Crippen LogP contribution is -2.50. The van der Waals surface area contributed by atoms with E-state index in [1.54, 1.807) is 19.5 Å². The summed E-state index contributed by atoms with van der Waals surface area (Å²) >= 11 is 0. The lowest BCUT2D eigenvalue weighted by molar-refractivity contribution is -0.126. The number of nitrogens with two attached hydrogens (primary N) is 1. The maximum atomic E-state index is 12.6. The van der Waals surface area contributed by atoms with Crippen molar-refractivity contribution in [2.24, 2.45) is 5.73 Å². The molecule has 1 amide bonds. The molecule has 4 N–H and O–H groups in total. The number of hydrogen-bond donors (Lipinski definition) is 3. The summed E-state index contributed by atoms with van der Waals surface area (Å²) in [5, 5.41) is 2.92. The number of benzene rings is 1. The van der Waals surface area contributed by atoms with Gasteiger partial charge in [-0.2, -0.15) is 0 Å². The van der Waals surface area contributed by atoms with Gasteiger partial charge in [0.2, 0.25) is 5.91 Å². The molecule has 1 heterocycles.